The van der Waals surface area contributed by atoms with Crippen LogP contribution in [0.5, 0.6) is 5.75 Å². The Bertz CT molecular complexity index is 1330. The van der Waals surface area contributed by atoms with E-state index < -0.39 is 9.84 Å². The van der Waals surface area contributed by atoms with E-state index in [0.717, 1.165) is 16.5 Å². The molecule has 7 nitrogen and oxygen atoms in total. The summed E-state index contributed by atoms with van der Waals surface area (Å²) in [5.74, 6) is 0.344. The molecule has 0 fully saturated rings. The number of nitrogens with one attached hydrogen (secondary N) is 1. The Hall–Kier alpha value is -3.65. The molecule has 4 rings (SSSR count). The molecule has 0 atom stereocenters. The molecule has 0 saturated heterocycles. The highest BCUT2D eigenvalue weighted by Gasteiger charge is 2.19. The van der Waals surface area contributed by atoms with Crippen molar-refractivity contribution < 1.29 is 22.4 Å². The molecule has 0 aliphatic rings. The van der Waals surface area contributed by atoms with Crippen LogP contribution in [0.3, 0.4) is 0 Å². The van der Waals surface area contributed by atoms with Gasteiger partial charge in [0.15, 0.2) is 11.3 Å². The maximum absolute atomic E-state index is 12.9. The number of rotatable bonds is 6. The summed E-state index contributed by atoms with van der Waals surface area (Å²) in [6.45, 7) is 2.08. The zero-order chi connectivity index (χ0) is 22.0. The topological polar surface area (TPSA) is 98.5 Å². The molecule has 0 aliphatic carbocycles. The lowest BCUT2D eigenvalue weighted by molar-refractivity contribution is 0.0925. The number of carbonyl (C=O) groups excluding carboxylic acids is 1. The van der Waals surface area contributed by atoms with Crippen LogP contribution in [0, 0.1) is 6.92 Å². The average molecular weight is 436 g/mol. The highest BCUT2D eigenvalue weighted by atomic mass is 32.2. The van der Waals surface area contributed by atoms with Gasteiger partial charge in [-0.3, -0.25) is 9.78 Å². The van der Waals surface area contributed by atoms with Crippen LogP contribution in [-0.4, -0.2) is 26.4 Å². The zero-order valence-electron chi connectivity index (χ0n) is 17.0. The van der Waals surface area contributed by atoms with Gasteiger partial charge >= 0.3 is 0 Å². The van der Waals surface area contributed by atoms with Gasteiger partial charge < -0.3 is 14.5 Å². The molecule has 8 heteroatoms. The number of methoxy groups -OCH3 is 1. The minimum absolute atomic E-state index is 0.162. The first kappa shape index (κ1) is 20.6. The maximum Gasteiger partial charge on any atom is 0.287 e. The monoisotopic (exact) mass is 436 g/mol. The van der Waals surface area contributed by atoms with Gasteiger partial charge in [-0.2, -0.15) is 0 Å². The van der Waals surface area contributed by atoms with E-state index in [1.807, 2.05) is 6.92 Å². The number of ether oxygens (including phenoxy) is 1. The number of sulfone groups is 1. The average Bonchev–Trinajstić information content (AvgIpc) is 3.22. The number of aromatic nitrogens is 1. The van der Waals surface area contributed by atoms with Gasteiger partial charge in [0.2, 0.25) is 9.84 Å². The van der Waals surface area contributed by atoms with E-state index in [9.17, 15) is 13.2 Å². The Kier molecular flexibility index (Phi) is 5.48. The van der Waals surface area contributed by atoms with E-state index in [1.165, 1.54) is 25.3 Å². The fraction of sp³-hybridized carbons (Fsp3) is 0.130. The van der Waals surface area contributed by atoms with E-state index in [1.54, 1.807) is 48.8 Å². The number of amides is 1. The smallest absolute Gasteiger partial charge is 0.287 e. The number of pyridine rings is 1. The van der Waals surface area contributed by atoms with Gasteiger partial charge in [-0.15, -0.1) is 0 Å². The molecule has 0 aliphatic heterocycles. The van der Waals surface area contributed by atoms with Crippen LogP contribution >= 0.6 is 0 Å². The van der Waals surface area contributed by atoms with Crippen molar-refractivity contribution in [3.63, 3.8) is 0 Å². The first-order chi connectivity index (χ1) is 14.9. The van der Waals surface area contributed by atoms with Crippen molar-refractivity contribution in [1.29, 1.82) is 0 Å². The van der Waals surface area contributed by atoms with E-state index in [2.05, 4.69) is 10.3 Å². The van der Waals surface area contributed by atoms with Crippen LogP contribution < -0.4 is 10.1 Å². The van der Waals surface area contributed by atoms with E-state index in [0.29, 0.717) is 11.3 Å². The molecule has 0 saturated carbocycles. The molecule has 4 aromatic rings. The first-order valence-corrected chi connectivity index (χ1v) is 11.0. The predicted molar refractivity (Wildman–Crippen MR) is 115 cm³/mol. The van der Waals surface area contributed by atoms with Crippen molar-refractivity contribution in [1.82, 2.24) is 10.3 Å². The summed E-state index contributed by atoms with van der Waals surface area (Å²) in [6, 6.07) is 14.6. The second-order valence-corrected chi connectivity index (χ2v) is 8.94. The number of furan rings is 1. The Labute approximate surface area is 179 Å². The first-order valence-electron chi connectivity index (χ1n) is 9.49. The molecular weight excluding hydrogens is 416 g/mol. The van der Waals surface area contributed by atoms with Crippen molar-refractivity contribution in [3.05, 3.63) is 83.9 Å². The largest absolute Gasteiger partial charge is 0.496 e. The summed E-state index contributed by atoms with van der Waals surface area (Å²) in [7, 11) is -2.18. The molecule has 1 amide bonds. The van der Waals surface area contributed by atoms with Crippen molar-refractivity contribution in [2.75, 3.05) is 7.11 Å². The summed E-state index contributed by atoms with van der Waals surface area (Å²) in [5.41, 5.74) is 2.15. The highest BCUT2D eigenvalue weighted by Crippen LogP contribution is 2.27. The lowest BCUT2D eigenvalue weighted by Gasteiger charge is -2.10. The van der Waals surface area contributed by atoms with Gasteiger partial charge in [0.25, 0.3) is 5.91 Å². The third-order valence-electron chi connectivity index (χ3n) is 4.92. The molecule has 158 valence electrons. The Morgan fingerprint density at radius 2 is 1.81 bits per heavy atom. The Morgan fingerprint density at radius 1 is 1.06 bits per heavy atom. The molecule has 2 heterocycles. The fourth-order valence-corrected chi connectivity index (χ4v) is 4.43. The number of benzene rings is 2. The summed E-state index contributed by atoms with van der Waals surface area (Å²) in [6.07, 6.45) is 3.18. The highest BCUT2D eigenvalue weighted by molar-refractivity contribution is 7.91. The van der Waals surface area contributed by atoms with Gasteiger partial charge in [-0.05, 0) is 54.4 Å². The van der Waals surface area contributed by atoms with Crippen molar-refractivity contribution in [2.45, 2.75) is 23.3 Å². The number of carbonyl (C=O) groups is 1. The third kappa shape index (κ3) is 4.15. The summed E-state index contributed by atoms with van der Waals surface area (Å²) >= 11 is 0. The predicted octanol–water partition coefficient (Wildman–Crippen LogP) is 3.91. The van der Waals surface area contributed by atoms with E-state index in [-0.39, 0.29) is 28.0 Å². The number of hydrogen-bond acceptors (Lipinski definition) is 6. The van der Waals surface area contributed by atoms with Gasteiger partial charge in [0.1, 0.15) is 5.75 Å². The van der Waals surface area contributed by atoms with Gasteiger partial charge in [-0.25, -0.2) is 8.42 Å². The van der Waals surface area contributed by atoms with Crippen LogP contribution in [-0.2, 0) is 16.4 Å². The number of fused-ring (bicyclic) bond motifs is 1. The van der Waals surface area contributed by atoms with Gasteiger partial charge in [-0.1, -0.05) is 18.2 Å². The molecule has 0 unspecified atom stereocenters. The van der Waals surface area contributed by atoms with Crippen LogP contribution in [0.4, 0.5) is 0 Å². The van der Waals surface area contributed by atoms with Crippen molar-refractivity contribution in [2.24, 2.45) is 0 Å². The lowest BCUT2D eigenvalue weighted by atomic mass is 10.2. The fourth-order valence-electron chi connectivity index (χ4n) is 3.16. The van der Waals surface area contributed by atoms with Crippen LogP contribution in [0.1, 0.15) is 21.7 Å². The van der Waals surface area contributed by atoms with Crippen LogP contribution in [0.2, 0.25) is 0 Å². The van der Waals surface area contributed by atoms with Gasteiger partial charge in [0.05, 0.1) is 23.1 Å². The summed E-state index contributed by atoms with van der Waals surface area (Å²) < 4.78 is 36.6. The quantitative estimate of drug-likeness (QED) is 0.492. The molecular formula is C23H20N2O5S. The molecule has 2 aromatic carbocycles. The van der Waals surface area contributed by atoms with Crippen LogP contribution in [0.15, 0.2) is 81.2 Å². The normalized spacial score (nSPS) is 11.4. The SMILES string of the molecule is COc1cc(S(=O)(=O)c2ccc(CNC(=O)c3cc4ccncc4o3)cc2)ccc1C. The minimum Gasteiger partial charge on any atom is -0.496 e. The molecule has 0 spiro atoms. The van der Waals surface area contributed by atoms with Crippen molar-refractivity contribution in [3.8, 4) is 5.75 Å². The lowest BCUT2D eigenvalue weighted by Crippen LogP contribution is -2.22. The number of nitrogens with zero attached hydrogens (tertiary/aromatic N) is 1. The molecule has 0 bridgehead atoms. The number of aryl methyl sites for hydroxylation is 1. The summed E-state index contributed by atoms with van der Waals surface area (Å²) in [4.78, 5) is 16.6. The Balaban J connectivity index is 1.47. The molecule has 31 heavy (non-hydrogen) atoms. The van der Waals surface area contributed by atoms with Crippen molar-refractivity contribution >= 4 is 26.7 Å². The van der Waals surface area contributed by atoms with E-state index in [4.69, 9.17) is 9.15 Å². The second kappa shape index (κ2) is 8.23. The number of hydrogen-bond donors (Lipinski definition) is 1. The maximum atomic E-state index is 12.9. The zero-order valence-corrected chi connectivity index (χ0v) is 17.8. The Morgan fingerprint density at radius 3 is 2.52 bits per heavy atom. The molecule has 1 N–H and O–H groups in total. The van der Waals surface area contributed by atoms with Crippen LogP contribution in [0.25, 0.3) is 11.0 Å². The van der Waals surface area contributed by atoms with E-state index >= 15 is 0 Å². The summed E-state index contributed by atoms with van der Waals surface area (Å²) in [5, 5.41) is 3.56. The standard InChI is InChI=1S/C23H20N2O5S/c1-15-3-6-19(12-20(15)29-2)31(27,28)18-7-4-16(5-8-18)13-25-23(26)21-11-17-9-10-24-14-22(17)30-21/h3-12,14H,13H2,1-2H3,(H,25,26). The molecule has 2 aromatic heterocycles. The minimum atomic E-state index is -3.68. The second-order valence-electron chi connectivity index (χ2n) is 6.99. The third-order valence-corrected chi connectivity index (χ3v) is 6.69. The van der Waals surface area contributed by atoms with Gasteiger partial charge in [0, 0.05) is 18.1 Å². The molecule has 0 radical (unpaired) electrons.